The molecule has 1 N–H and O–H groups in total. The maximum absolute atomic E-state index is 11.8. The summed E-state index contributed by atoms with van der Waals surface area (Å²) in [5.41, 5.74) is 0.879. The summed E-state index contributed by atoms with van der Waals surface area (Å²) in [4.78, 5) is 11.8. The zero-order valence-corrected chi connectivity index (χ0v) is 12.2. The molecule has 1 aliphatic heterocycles. The van der Waals surface area contributed by atoms with Crippen LogP contribution >= 0.6 is 0 Å². The lowest BCUT2D eigenvalue weighted by molar-refractivity contribution is -0.116. The van der Waals surface area contributed by atoms with E-state index >= 15 is 0 Å². The lowest BCUT2D eigenvalue weighted by atomic mass is 10.2. The molecule has 0 saturated carbocycles. The third kappa shape index (κ3) is 3.46. The van der Waals surface area contributed by atoms with Gasteiger partial charge in [-0.05, 0) is 18.2 Å². The van der Waals surface area contributed by atoms with Crippen LogP contribution in [0.5, 0.6) is 11.5 Å². The molecule has 6 heteroatoms. The summed E-state index contributed by atoms with van der Waals surface area (Å²) in [7, 11) is 1.83. The Morgan fingerprint density at radius 1 is 1.45 bits per heavy atom. The van der Waals surface area contributed by atoms with Crippen molar-refractivity contribution < 1.29 is 14.3 Å². The van der Waals surface area contributed by atoms with Crippen molar-refractivity contribution in [2.75, 3.05) is 13.2 Å². The number of carbonyl (C=O) groups is 1. The molecule has 2 heterocycles. The van der Waals surface area contributed by atoms with Gasteiger partial charge < -0.3 is 14.8 Å². The summed E-state index contributed by atoms with van der Waals surface area (Å²) in [6, 6.07) is 7.50. The van der Waals surface area contributed by atoms with E-state index in [-0.39, 0.29) is 12.0 Å². The van der Waals surface area contributed by atoms with Crippen LogP contribution in [0.25, 0.3) is 6.08 Å². The fourth-order valence-corrected chi connectivity index (χ4v) is 2.14. The van der Waals surface area contributed by atoms with Crippen molar-refractivity contribution in [3.8, 4) is 11.5 Å². The first-order valence-electron chi connectivity index (χ1n) is 7.04. The summed E-state index contributed by atoms with van der Waals surface area (Å²) in [5.74, 6) is 1.27. The molecule has 0 saturated heterocycles. The standard InChI is InChI=1S/C16H17N3O3/c1-19-10-12(8-18-19)6-7-16(20)17-9-13-11-21-14-4-2-3-5-15(14)22-13/h2-8,10,13H,9,11H2,1H3,(H,17,20)/b7-6+. The Kier molecular flexibility index (Phi) is 4.09. The van der Waals surface area contributed by atoms with Gasteiger partial charge in [0.15, 0.2) is 11.5 Å². The van der Waals surface area contributed by atoms with Gasteiger partial charge in [-0.2, -0.15) is 5.10 Å². The van der Waals surface area contributed by atoms with Crippen molar-refractivity contribution in [1.82, 2.24) is 15.1 Å². The van der Waals surface area contributed by atoms with E-state index in [4.69, 9.17) is 9.47 Å². The molecule has 0 fully saturated rings. The summed E-state index contributed by atoms with van der Waals surface area (Å²) < 4.78 is 13.0. The van der Waals surface area contributed by atoms with Gasteiger partial charge in [0.2, 0.25) is 5.91 Å². The Morgan fingerprint density at radius 3 is 3.05 bits per heavy atom. The van der Waals surface area contributed by atoms with Crippen LogP contribution in [0.15, 0.2) is 42.7 Å². The molecule has 1 aliphatic rings. The van der Waals surface area contributed by atoms with Gasteiger partial charge in [-0.3, -0.25) is 9.48 Å². The van der Waals surface area contributed by atoms with Gasteiger partial charge in [0.25, 0.3) is 0 Å². The molecule has 1 amide bonds. The molecule has 2 aromatic rings. The average molecular weight is 299 g/mol. The first kappa shape index (κ1) is 14.2. The van der Waals surface area contributed by atoms with Crippen LogP contribution in [0.2, 0.25) is 0 Å². The number of aromatic nitrogens is 2. The lowest BCUT2D eigenvalue weighted by Crippen LogP contribution is -2.40. The second-order valence-electron chi connectivity index (χ2n) is 5.02. The third-order valence-electron chi connectivity index (χ3n) is 3.22. The number of benzene rings is 1. The summed E-state index contributed by atoms with van der Waals surface area (Å²) in [6.07, 6.45) is 6.54. The maximum Gasteiger partial charge on any atom is 0.244 e. The Balaban J connectivity index is 1.49. The zero-order valence-electron chi connectivity index (χ0n) is 12.2. The number of rotatable bonds is 4. The third-order valence-corrected chi connectivity index (χ3v) is 3.22. The van der Waals surface area contributed by atoms with E-state index in [1.807, 2.05) is 37.5 Å². The molecule has 22 heavy (non-hydrogen) atoms. The lowest BCUT2D eigenvalue weighted by Gasteiger charge is -2.26. The number of aryl methyl sites for hydroxylation is 1. The predicted octanol–water partition coefficient (Wildman–Crippen LogP) is 1.39. The summed E-state index contributed by atoms with van der Waals surface area (Å²) >= 11 is 0. The van der Waals surface area contributed by atoms with Crippen molar-refractivity contribution in [1.29, 1.82) is 0 Å². The minimum absolute atomic E-state index is 0.175. The topological polar surface area (TPSA) is 65.4 Å². The van der Waals surface area contributed by atoms with Crippen LogP contribution < -0.4 is 14.8 Å². The second-order valence-corrected chi connectivity index (χ2v) is 5.02. The minimum Gasteiger partial charge on any atom is -0.486 e. The molecule has 1 aromatic heterocycles. The van der Waals surface area contributed by atoms with E-state index in [1.54, 1.807) is 17.0 Å². The number of para-hydroxylation sites is 2. The van der Waals surface area contributed by atoms with Gasteiger partial charge in [0, 0.05) is 24.9 Å². The molecular weight excluding hydrogens is 282 g/mol. The molecular formula is C16H17N3O3. The first-order valence-corrected chi connectivity index (χ1v) is 7.04. The highest BCUT2D eigenvalue weighted by molar-refractivity contribution is 5.91. The van der Waals surface area contributed by atoms with Gasteiger partial charge in [-0.25, -0.2) is 0 Å². The normalized spacial score (nSPS) is 16.7. The highest BCUT2D eigenvalue weighted by atomic mass is 16.6. The van der Waals surface area contributed by atoms with Crippen LogP contribution in [0.1, 0.15) is 5.56 Å². The number of carbonyl (C=O) groups excluding carboxylic acids is 1. The van der Waals surface area contributed by atoms with E-state index in [0.29, 0.717) is 18.9 Å². The zero-order chi connectivity index (χ0) is 15.4. The van der Waals surface area contributed by atoms with Crippen LogP contribution in [0.3, 0.4) is 0 Å². The average Bonchev–Trinajstić information content (AvgIpc) is 2.96. The Labute approximate surface area is 128 Å². The van der Waals surface area contributed by atoms with Gasteiger partial charge in [-0.1, -0.05) is 12.1 Å². The van der Waals surface area contributed by atoms with E-state index in [0.717, 1.165) is 11.3 Å². The maximum atomic E-state index is 11.8. The number of amides is 1. The van der Waals surface area contributed by atoms with Crippen molar-refractivity contribution in [3.63, 3.8) is 0 Å². The first-order chi connectivity index (χ1) is 10.7. The van der Waals surface area contributed by atoms with Crippen molar-refractivity contribution >= 4 is 12.0 Å². The SMILES string of the molecule is Cn1cc(/C=C/C(=O)NCC2COc3ccccc3O2)cn1. The highest BCUT2D eigenvalue weighted by Crippen LogP contribution is 2.30. The van der Waals surface area contributed by atoms with Gasteiger partial charge >= 0.3 is 0 Å². The molecule has 1 unspecified atom stereocenters. The largest absolute Gasteiger partial charge is 0.486 e. The van der Waals surface area contributed by atoms with Crippen LogP contribution in [0, 0.1) is 0 Å². The van der Waals surface area contributed by atoms with Crippen molar-refractivity contribution in [2.45, 2.75) is 6.10 Å². The number of ether oxygens (including phenoxy) is 2. The van der Waals surface area contributed by atoms with Gasteiger partial charge in [-0.15, -0.1) is 0 Å². The number of nitrogens with one attached hydrogen (secondary N) is 1. The molecule has 0 bridgehead atoms. The predicted molar refractivity (Wildman–Crippen MR) is 81.6 cm³/mol. The molecule has 1 aromatic carbocycles. The van der Waals surface area contributed by atoms with E-state index in [9.17, 15) is 4.79 Å². The Morgan fingerprint density at radius 2 is 2.27 bits per heavy atom. The number of fused-ring (bicyclic) bond motifs is 1. The molecule has 6 nitrogen and oxygen atoms in total. The Hall–Kier alpha value is -2.76. The highest BCUT2D eigenvalue weighted by Gasteiger charge is 2.20. The van der Waals surface area contributed by atoms with Crippen LogP contribution in [-0.2, 0) is 11.8 Å². The smallest absolute Gasteiger partial charge is 0.244 e. The molecule has 114 valence electrons. The summed E-state index contributed by atoms with van der Waals surface area (Å²) in [6.45, 7) is 0.814. The van der Waals surface area contributed by atoms with Crippen molar-refractivity contribution in [2.24, 2.45) is 7.05 Å². The van der Waals surface area contributed by atoms with E-state index in [1.165, 1.54) is 6.08 Å². The van der Waals surface area contributed by atoms with Gasteiger partial charge in [0.05, 0.1) is 12.7 Å². The summed E-state index contributed by atoms with van der Waals surface area (Å²) in [5, 5.41) is 6.83. The monoisotopic (exact) mass is 299 g/mol. The van der Waals surface area contributed by atoms with Crippen molar-refractivity contribution in [3.05, 3.63) is 48.3 Å². The molecule has 1 atom stereocenters. The number of nitrogens with zero attached hydrogens (tertiary/aromatic N) is 2. The van der Waals surface area contributed by atoms with Crippen LogP contribution in [-0.4, -0.2) is 34.9 Å². The fourth-order valence-electron chi connectivity index (χ4n) is 2.14. The van der Waals surface area contributed by atoms with E-state index < -0.39 is 0 Å². The quantitative estimate of drug-likeness (QED) is 0.867. The van der Waals surface area contributed by atoms with E-state index in [2.05, 4.69) is 10.4 Å². The second kappa shape index (κ2) is 6.34. The Bertz CT molecular complexity index is 693. The number of hydrogen-bond donors (Lipinski definition) is 1. The molecule has 0 radical (unpaired) electrons. The fraction of sp³-hybridized carbons (Fsp3) is 0.250. The number of hydrogen-bond acceptors (Lipinski definition) is 4. The molecule has 3 rings (SSSR count). The molecule has 0 aliphatic carbocycles. The van der Waals surface area contributed by atoms with Crippen LogP contribution in [0.4, 0.5) is 0 Å². The minimum atomic E-state index is -0.189. The van der Waals surface area contributed by atoms with Gasteiger partial charge in [0.1, 0.15) is 12.7 Å². The molecule has 0 spiro atoms.